The highest BCUT2D eigenvalue weighted by molar-refractivity contribution is 8.76. The first-order chi connectivity index (χ1) is 13.9. The Kier molecular flexibility index (Phi) is 13.5. The van der Waals surface area contributed by atoms with Gasteiger partial charge < -0.3 is 21.9 Å². The first kappa shape index (κ1) is 25.5. The summed E-state index contributed by atoms with van der Waals surface area (Å²) in [5, 5.41) is 12.0. The van der Waals surface area contributed by atoms with Crippen molar-refractivity contribution in [3.63, 3.8) is 0 Å². The Hall–Kier alpha value is -1.50. The van der Waals surface area contributed by atoms with Crippen LogP contribution in [0.15, 0.2) is 24.3 Å². The first-order valence-corrected chi connectivity index (χ1v) is 11.8. The Morgan fingerprint density at radius 3 is 2.59 bits per heavy atom. The molecule has 29 heavy (non-hydrogen) atoms. The summed E-state index contributed by atoms with van der Waals surface area (Å²) < 4.78 is 0. The number of phenols is 1. The van der Waals surface area contributed by atoms with Gasteiger partial charge in [0.05, 0.1) is 13.2 Å². The zero-order chi connectivity index (χ0) is 21.5. The largest absolute Gasteiger partial charge is 0.508 e. The van der Waals surface area contributed by atoms with Gasteiger partial charge in [0.1, 0.15) is 5.75 Å². The van der Waals surface area contributed by atoms with Gasteiger partial charge in [-0.3, -0.25) is 19.9 Å². The van der Waals surface area contributed by atoms with Crippen molar-refractivity contribution in [1.29, 1.82) is 0 Å². The maximum Gasteiger partial charge on any atom is 0.238 e. The summed E-state index contributed by atoms with van der Waals surface area (Å²) >= 11 is 0. The van der Waals surface area contributed by atoms with Crippen LogP contribution in [0.5, 0.6) is 5.75 Å². The lowest BCUT2D eigenvalue weighted by atomic mass is 9.96. The second kappa shape index (κ2) is 15.4. The van der Waals surface area contributed by atoms with E-state index in [4.69, 9.17) is 16.3 Å². The highest BCUT2D eigenvalue weighted by Gasteiger charge is 2.17. The third-order valence-corrected chi connectivity index (χ3v) is 6.20. The average Bonchev–Trinajstić information content (AvgIpc) is 2.70. The molecular formula is C18H31N5O4S2. The van der Waals surface area contributed by atoms with Crippen LogP contribution >= 0.6 is 21.6 Å². The van der Waals surface area contributed by atoms with E-state index in [0.29, 0.717) is 26.0 Å². The topological polar surface area (TPSA) is 152 Å². The molecule has 0 fully saturated rings. The van der Waals surface area contributed by atoms with Crippen molar-refractivity contribution >= 4 is 33.4 Å². The molecule has 9 nitrogen and oxygen atoms in total. The molecule has 1 aromatic carbocycles. The normalized spacial score (nSPS) is 12.9. The van der Waals surface area contributed by atoms with Crippen molar-refractivity contribution in [3.05, 3.63) is 29.8 Å². The second-order valence-electron chi connectivity index (χ2n) is 6.41. The van der Waals surface area contributed by atoms with Gasteiger partial charge in [-0.25, -0.2) is 0 Å². The molecule has 0 aliphatic rings. The molecule has 0 aliphatic carbocycles. The van der Waals surface area contributed by atoms with Gasteiger partial charge in [-0.2, -0.15) is 0 Å². The number of hydrogen-bond acceptors (Lipinski definition) is 9. The Morgan fingerprint density at radius 1 is 1.21 bits per heavy atom. The molecule has 1 rings (SSSR count). The molecule has 2 amide bonds. The first-order valence-electron chi connectivity index (χ1n) is 9.33. The number of benzene rings is 1. The molecule has 0 spiro atoms. The van der Waals surface area contributed by atoms with E-state index in [1.165, 1.54) is 0 Å². The molecule has 0 saturated heterocycles. The lowest BCUT2D eigenvalue weighted by Gasteiger charge is -2.17. The fourth-order valence-corrected chi connectivity index (χ4v) is 4.07. The Balaban J connectivity index is 2.03. The lowest BCUT2D eigenvalue weighted by molar-refractivity contribution is -0.130. The van der Waals surface area contributed by atoms with Gasteiger partial charge in [0.2, 0.25) is 11.8 Å². The maximum atomic E-state index is 12.1. The van der Waals surface area contributed by atoms with Crippen LogP contribution in [-0.2, 0) is 20.8 Å². The van der Waals surface area contributed by atoms with Crippen molar-refractivity contribution in [2.24, 2.45) is 17.4 Å². The quantitative estimate of drug-likeness (QED) is 0.127. The summed E-state index contributed by atoms with van der Waals surface area (Å²) in [5.74, 6) is 1.10. The highest BCUT2D eigenvalue weighted by Crippen LogP contribution is 2.19. The van der Waals surface area contributed by atoms with E-state index < -0.39 is 0 Å². The third kappa shape index (κ3) is 12.6. The predicted octanol–water partition coefficient (Wildman–Crippen LogP) is 0.297. The molecule has 0 bridgehead atoms. The summed E-state index contributed by atoms with van der Waals surface area (Å²) in [6.45, 7) is 2.81. The van der Waals surface area contributed by atoms with Crippen molar-refractivity contribution < 1.29 is 19.5 Å². The molecule has 0 aliphatic heterocycles. The monoisotopic (exact) mass is 445 g/mol. The fraction of sp³-hybridized carbons (Fsp3) is 0.556. The van der Waals surface area contributed by atoms with Crippen LogP contribution in [0.1, 0.15) is 18.9 Å². The fourth-order valence-electron chi connectivity index (χ4n) is 2.34. The van der Waals surface area contributed by atoms with Gasteiger partial charge in [-0.1, -0.05) is 40.6 Å². The van der Waals surface area contributed by atoms with E-state index in [1.807, 2.05) is 19.1 Å². The van der Waals surface area contributed by atoms with Crippen LogP contribution in [-0.4, -0.2) is 54.2 Å². The number of nitrogens with one attached hydrogen (secondary N) is 3. The second-order valence-corrected chi connectivity index (χ2v) is 9.11. The number of amides is 2. The van der Waals surface area contributed by atoms with Crippen molar-refractivity contribution in [2.45, 2.75) is 25.8 Å². The minimum atomic E-state index is -0.271. The zero-order valence-corrected chi connectivity index (χ0v) is 18.2. The van der Waals surface area contributed by atoms with Gasteiger partial charge in [0, 0.05) is 30.0 Å². The van der Waals surface area contributed by atoms with Crippen molar-refractivity contribution in [1.82, 2.24) is 16.3 Å². The van der Waals surface area contributed by atoms with Gasteiger partial charge in [-0.15, -0.1) is 5.59 Å². The lowest BCUT2D eigenvalue weighted by Crippen LogP contribution is -2.42. The van der Waals surface area contributed by atoms with Crippen LogP contribution in [0.25, 0.3) is 0 Å². The molecule has 164 valence electrons. The van der Waals surface area contributed by atoms with E-state index in [1.54, 1.807) is 33.7 Å². The summed E-state index contributed by atoms with van der Waals surface area (Å²) in [4.78, 5) is 28.2. The standard InChI is InChI=1S/C18H31N5O4S2/c1-13(10-15(20)11-14-2-4-16(24)5-3-14)18(26)22-23-27-7-9-29-28-8-6-21-17(25)12-19/h2-5,13,15,23-24H,6-12,19-20H2,1H3,(H,21,25)(H,22,26)/t13-,15+/m0/s1. The Bertz CT molecular complexity index is 606. The zero-order valence-electron chi connectivity index (χ0n) is 16.6. The van der Waals surface area contributed by atoms with E-state index in [-0.39, 0.29) is 36.1 Å². The summed E-state index contributed by atoms with van der Waals surface area (Å²) in [6.07, 6.45) is 1.16. The molecule has 0 heterocycles. The molecule has 0 radical (unpaired) electrons. The van der Waals surface area contributed by atoms with E-state index in [0.717, 1.165) is 17.1 Å². The number of nitrogens with two attached hydrogens (primary N) is 2. The van der Waals surface area contributed by atoms with E-state index in [9.17, 15) is 14.7 Å². The van der Waals surface area contributed by atoms with Crippen molar-refractivity contribution in [3.8, 4) is 5.75 Å². The smallest absolute Gasteiger partial charge is 0.238 e. The Labute approximate surface area is 179 Å². The van der Waals surface area contributed by atoms with Crippen molar-refractivity contribution in [2.75, 3.05) is 31.2 Å². The number of carbonyl (C=O) groups excluding carboxylic acids is 2. The van der Waals surface area contributed by atoms with Crippen LogP contribution in [0.3, 0.4) is 0 Å². The number of aromatic hydroxyl groups is 1. The van der Waals surface area contributed by atoms with Crippen LogP contribution in [0, 0.1) is 5.92 Å². The minimum Gasteiger partial charge on any atom is -0.508 e. The van der Waals surface area contributed by atoms with Crippen LogP contribution in [0.4, 0.5) is 0 Å². The van der Waals surface area contributed by atoms with Gasteiger partial charge in [0.25, 0.3) is 0 Å². The third-order valence-electron chi connectivity index (χ3n) is 3.83. The van der Waals surface area contributed by atoms with Gasteiger partial charge in [0.15, 0.2) is 0 Å². The molecule has 8 N–H and O–H groups in total. The average molecular weight is 446 g/mol. The molecule has 1 aromatic rings. The molecular weight excluding hydrogens is 414 g/mol. The number of hydrazine groups is 1. The van der Waals surface area contributed by atoms with Crippen LogP contribution in [0.2, 0.25) is 0 Å². The number of hydrogen-bond donors (Lipinski definition) is 6. The van der Waals surface area contributed by atoms with Gasteiger partial charge >= 0.3 is 0 Å². The summed E-state index contributed by atoms with van der Waals surface area (Å²) in [5.41, 5.74) is 17.3. The number of rotatable bonds is 15. The maximum absolute atomic E-state index is 12.1. The molecule has 0 aromatic heterocycles. The van der Waals surface area contributed by atoms with E-state index in [2.05, 4.69) is 16.3 Å². The summed E-state index contributed by atoms with van der Waals surface area (Å²) in [7, 11) is 3.23. The number of phenolic OH excluding ortho intramolecular Hbond substituents is 1. The molecule has 0 unspecified atom stereocenters. The SMILES string of the molecule is C[C@@H](C[C@@H](N)Cc1ccc(O)cc1)C(=O)NNOCCSSCCNC(=O)CN. The van der Waals surface area contributed by atoms with Crippen LogP contribution < -0.4 is 27.8 Å². The molecule has 11 heteroatoms. The minimum absolute atomic E-state index is 0.00596. The predicted molar refractivity (Wildman–Crippen MR) is 118 cm³/mol. The Morgan fingerprint density at radius 2 is 1.90 bits per heavy atom. The number of carbonyl (C=O) groups is 2. The summed E-state index contributed by atoms with van der Waals surface area (Å²) in [6, 6.07) is 6.72. The molecule has 0 saturated carbocycles. The van der Waals surface area contributed by atoms with Gasteiger partial charge in [-0.05, 0) is 30.5 Å². The highest BCUT2D eigenvalue weighted by atomic mass is 33.1. The van der Waals surface area contributed by atoms with E-state index >= 15 is 0 Å². The molecule has 2 atom stereocenters.